The highest BCUT2D eigenvalue weighted by molar-refractivity contribution is 7.16. The highest BCUT2D eigenvalue weighted by Crippen LogP contribution is 2.43. The van der Waals surface area contributed by atoms with Crippen molar-refractivity contribution < 1.29 is 19.1 Å². The Morgan fingerprint density at radius 2 is 2.09 bits per heavy atom. The third-order valence-electron chi connectivity index (χ3n) is 5.82. The fourth-order valence-electron chi connectivity index (χ4n) is 4.23. The number of rotatable bonds is 5. The maximum Gasteiger partial charge on any atom is 0.353 e. The quantitative estimate of drug-likeness (QED) is 0.387. The van der Waals surface area contributed by atoms with Gasteiger partial charge in [0.05, 0.1) is 12.2 Å². The second-order valence-electron chi connectivity index (χ2n) is 8.11. The van der Waals surface area contributed by atoms with Crippen LogP contribution in [0.5, 0.6) is 11.5 Å². The number of hydrogen-bond donors (Lipinski definition) is 2. The maximum absolute atomic E-state index is 13.0. The highest BCUT2D eigenvalue weighted by atomic mass is 32.1. The van der Waals surface area contributed by atoms with Gasteiger partial charge in [-0.15, -0.1) is 22.7 Å². The van der Waals surface area contributed by atoms with Crippen molar-refractivity contribution in [3.63, 3.8) is 0 Å². The molecule has 0 saturated heterocycles. The second-order valence-corrected chi connectivity index (χ2v) is 10.2. The van der Waals surface area contributed by atoms with Crippen molar-refractivity contribution in [2.75, 3.05) is 11.9 Å². The number of carbonyl (C=O) groups excluding carboxylic acids is 2. The molecule has 2 aromatic heterocycles. The van der Waals surface area contributed by atoms with E-state index in [0.717, 1.165) is 35.4 Å². The van der Waals surface area contributed by atoms with Crippen LogP contribution in [-0.2, 0) is 12.8 Å². The lowest BCUT2D eigenvalue weighted by molar-refractivity contribution is 0.0733. The smallest absolute Gasteiger partial charge is 0.353 e. The van der Waals surface area contributed by atoms with E-state index < -0.39 is 5.97 Å². The van der Waals surface area contributed by atoms with Gasteiger partial charge in [-0.05, 0) is 66.8 Å². The van der Waals surface area contributed by atoms with Crippen molar-refractivity contribution in [3.8, 4) is 11.5 Å². The molecule has 1 aromatic carbocycles. The van der Waals surface area contributed by atoms with Crippen molar-refractivity contribution in [1.29, 1.82) is 0 Å². The Morgan fingerprint density at radius 3 is 2.88 bits per heavy atom. The van der Waals surface area contributed by atoms with Gasteiger partial charge >= 0.3 is 5.97 Å². The van der Waals surface area contributed by atoms with E-state index in [0.29, 0.717) is 28.9 Å². The van der Waals surface area contributed by atoms with Crippen LogP contribution in [0.25, 0.3) is 0 Å². The summed E-state index contributed by atoms with van der Waals surface area (Å²) in [5.74, 6) is 1.02. The average Bonchev–Trinajstić information content (AvgIpc) is 3.42. The zero-order valence-corrected chi connectivity index (χ0v) is 19.5. The molecular formula is C24H24N2O4S2. The third kappa shape index (κ3) is 3.89. The Kier molecular flexibility index (Phi) is 5.65. The van der Waals surface area contributed by atoms with Crippen LogP contribution in [0.1, 0.15) is 62.5 Å². The van der Waals surface area contributed by atoms with Gasteiger partial charge in [0, 0.05) is 4.88 Å². The predicted molar refractivity (Wildman–Crippen MR) is 126 cm³/mol. The van der Waals surface area contributed by atoms with E-state index in [9.17, 15) is 9.59 Å². The molecule has 1 amide bonds. The first kappa shape index (κ1) is 21.0. The van der Waals surface area contributed by atoms with Gasteiger partial charge < -0.3 is 20.1 Å². The van der Waals surface area contributed by atoms with Crippen LogP contribution in [0.2, 0.25) is 0 Å². The van der Waals surface area contributed by atoms with E-state index in [-0.39, 0.29) is 12.1 Å². The average molecular weight is 469 g/mol. The van der Waals surface area contributed by atoms with Gasteiger partial charge in [-0.1, -0.05) is 19.1 Å². The molecule has 0 bridgehead atoms. The van der Waals surface area contributed by atoms with Crippen molar-refractivity contribution in [3.05, 3.63) is 62.2 Å². The molecule has 2 atom stereocenters. The second kappa shape index (κ2) is 8.60. The van der Waals surface area contributed by atoms with Crippen LogP contribution < -0.4 is 20.1 Å². The van der Waals surface area contributed by atoms with E-state index in [1.807, 2.05) is 30.5 Å². The SMILES string of the molecule is CCOc1cc([C@@H]2NC(=O)c3c(sc4c3CC[C@H](C)C4)N2)ccc1OC(=O)c1cccs1. The van der Waals surface area contributed by atoms with Gasteiger partial charge in [0.25, 0.3) is 5.91 Å². The minimum absolute atomic E-state index is 0.0398. The zero-order chi connectivity index (χ0) is 22.2. The molecule has 32 heavy (non-hydrogen) atoms. The van der Waals surface area contributed by atoms with E-state index in [1.54, 1.807) is 23.5 Å². The molecule has 5 rings (SSSR count). The summed E-state index contributed by atoms with van der Waals surface area (Å²) in [5.41, 5.74) is 2.85. The number of fused-ring (bicyclic) bond motifs is 3. The summed E-state index contributed by atoms with van der Waals surface area (Å²) in [6.45, 7) is 4.57. The van der Waals surface area contributed by atoms with Crippen LogP contribution in [0.3, 0.4) is 0 Å². The minimum Gasteiger partial charge on any atom is -0.490 e. The number of carbonyl (C=O) groups is 2. The number of ether oxygens (including phenoxy) is 2. The minimum atomic E-state index is -0.416. The molecule has 1 aliphatic carbocycles. The van der Waals surface area contributed by atoms with Crippen LogP contribution >= 0.6 is 22.7 Å². The van der Waals surface area contributed by atoms with E-state index in [4.69, 9.17) is 9.47 Å². The molecular weight excluding hydrogens is 444 g/mol. The Morgan fingerprint density at radius 1 is 1.22 bits per heavy atom. The van der Waals surface area contributed by atoms with Gasteiger partial charge in [0.1, 0.15) is 16.0 Å². The molecule has 0 fully saturated rings. The number of amides is 1. The molecule has 0 radical (unpaired) electrons. The Labute approximate surface area is 194 Å². The molecule has 1 aliphatic heterocycles. The first-order chi connectivity index (χ1) is 15.5. The Hall–Kier alpha value is -2.84. The van der Waals surface area contributed by atoms with E-state index >= 15 is 0 Å². The first-order valence-corrected chi connectivity index (χ1v) is 12.5. The number of hydrogen-bond acceptors (Lipinski definition) is 7. The fourth-order valence-corrected chi connectivity index (χ4v) is 6.27. The van der Waals surface area contributed by atoms with E-state index in [1.165, 1.54) is 21.8 Å². The van der Waals surface area contributed by atoms with Crippen molar-refractivity contribution in [1.82, 2.24) is 5.32 Å². The lowest BCUT2D eigenvalue weighted by atomic mass is 9.88. The van der Waals surface area contributed by atoms with Gasteiger partial charge in [-0.2, -0.15) is 0 Å². The van der Waals surface area contributed by atoms with Gasteiger partial charge in [0.2, 0.25) is 0 Å². The summed E-state index contributed by atoms with van der Waals surface area (Å²) in [7, 11) is 0. The molecule has 166 valence electrons. The van der Waals surface area contributed by atoms with Gasteiger partial charge in [-0.25, -0.2) is 4.79 Å². The fraction of sp³-hybridized carbons (Fsp3) is 0.333. The van der Waals surface area contributed by atoms with Gasteiger partial charge in [-0.3, -0.25) is 4.79 Å². The molecule has 3 aromatic rings. The molecule has 0 spiro atoms. The Bertz CT molecular complexity index is 1170. The zero-order valence-electron chi connectivity index (χ0n) is 17.9. The number of benzene rings is 1. The lowest BCUT2D eigenvalue weighted by Crippen LogP contribution is -2.38. The predicted octanol–water partition coefficient (Wildman–Crippen LogP) is 5.41. The summed E-state index contributed by atoms with van der Waals surface area (Å²) in [6, 6.07) is 8.91. The number of anilines is 1. The van der Waals surface area contributed by atoms with Crippen LogP contribution in [0.15, 0.2) is 35.7 Å². The third-order valence-corrected chi connectivity index (χ3v) is 7.85. The monoisotopic (exact) mass is 468 g/mol. The summed E-state index contributed by atoms with van der Waals surface area (Å²) in [4.78, 5) is 27.2. The van der Waals surface area contributed by atoms with Crippen LogP contribution in [0, 0.1) is 5.92 Å². The highest BCUT2D eigenvalue weighted by Gasteiger charge is 2.33. The van der Waals surface area contributed by atoms with Crippen molar-refractivity contribution in [2.24, 2.45) is 5.92 Å². The van der Waals surface area contributed by atoms with Crippen molar-refractivity contribution >= 4 is 39.6 Å². The molecule has 8 heteroatoms. The number of thiophene rings is 2. The summed E-state index contributed by atoms with van der Waals surface area (Å²) in [6.07, 6.45) is 2.73. The van der Waals surface area contributed by atoms with Crippen molar-refractivity contribution in [2.45, 2.75) is 39.3 Å². The molecule has 0 unspecified atom stereocenters. The summed E-state index contributed by atoms with van der Waals surface area (Å²) >= 11 is 3.03. The normalized spacial score (nSPS) is 19.4. The molecule has 2 N–H and O–H groups in total. The molecule has 0 saturated carbocycles. The maximum atomic E-state index is 13.0. The van der Waals surface area contributed by atoms with E-state index in [2.05, 4.69) is 17.6 Å². The summed E-state index contributed by atoms with van der Waals surface area (Å²) < 4.78 is 11.3. The number of esters is 1. The Balaban J connectivity index is 1.41. The largest absolute Gasteiger partial charge is 0.490 e. The standard InChI is InChI=1S/C24H24N2O4S2/c1-3-29-17-12-14(7-9-16(17)30-24(28)18-5-4-10-31-18)21-25-22(27)20-15-8-6-13(2)11-19(15)32-23(20)26-21/h4-5,7,9-10,12-13,21,26H,3,6,8,11H2,1-2H3,(H,25,27)/t13-,21+/m0/s1. The first-order valence-electron chi connectivity index (χ1n) is 10.8. The number of nitrogens with one attached hydrogen (secondary N) is 2. The molecule has 6 nitrogen and oxygen atoms in total. The van der Waals surface area contributed by atoms with Crippen LogP contribution in [-0.4, -0.2) is 18.5 Å². The molecule has 2 aliphatic rings. The molecule has 3 heterocycles. The van der Waals surface area contributed by atoms with Gasteiger partial charge in [0.15, 0.2) is 11.5 Å². The lowest BCUT2D eigenvalue weighted by Gasteiger charge is -2.27. The van der Waals surface area contributed by atoms with Crippen LogP contribution in [0.4, 0.5) is 5.00 Å². The topological polar surface area (TPSA) is 76.7 Å². The summed E-state index contributed by atoms with van der Waals surface area (Å²) in [5, 5.41) is 9.34.